The molecule has 0 aromatic heterocycles. The molecule has 0 aliphatic carbocycles. The second-order valence-electron chi connectivity index (χ2n) is 5.17. The number of aliphatic hydroxyl groups excluding tert-OH is 4. The van der Waals surface area contributed by atoms with Crippen molar-refractivity contribution in [3.8, 4) is 0 Å². The van der Waals surface area contributed by atoms with Gasteiger partial charge in [0.2, 0.25) is 0 Å². The van der Waals surface area contributed by atoms with E-state index < -0.39 is 41.4 Å². The molecule has 0 bridgehead atoms. The Kier molecular flexibility index (Phi) is 7.58. The monoisotopic (exact) mass is 344 g/mol. The molecule has 0 unspecified atom stereocenters. The van der Waals surface area contributed by atoms with Gasteiger partial charge in [-0.3, -0.25) is 9.45 Å². The summed E-state index contributed by atoms with van der Waals surface area (Å²) in [7, 11) is -4.81. The molecule has 10 nitrogen and oxygen atoms in total. The van der Waals surface area contributed by atoms with Gasteiger partial charge in [-0.1, -0.05) is 6.92 Å². The minimum absolute atomic E-state index is 0.148. The molecule has 1 heterocycles. The first-order chi connectivity index (χ1) is 10.2. The number of aliphatic hydroxyl groups is 4. The second-order valence-corrected chi connectivity index (χ2v) is 6.22. The highest BCUT2D eigenvalue weighted by Gasteiger charge is 2.41. The highest BCUT2D eigenvalue weighted by molar-refractivity contribution is 7.80. The third kappa shape index (κ3) is 5.37. The number of nitrogens with zero attached hydrogens (tertiary/aromatic N) is 1. The van der Waals surface area contributed by atoms with Crippen molar-refractivity contribution in [1.29, 1.82) is 0 Å². The number of hydrogen-bond acceptors (Lipinski definition) is 9. The number of hydrogen-bond donors (Lipinski definition) is 6. The van der Waals surface area contributed by atoms with Gasteiger partial charge in [0, 0.05) is 19.1 Å². The summed E-state index contributed by atoms with van der Waals surface area (Å²) in [6.07, 6.45) is -3.83. The Balaban J connectivity index is 2.70. The largest absolute Gasteiger partial charge is 0.397 e. The smallest absolute Gasteiger partial charge is 0.395 e. The number of rotatable bonds is 9. The van der Waals surface area contributed by atoms with Crippen molar-refractivity contribution in [1.82, 2.24) is 10.2 Å². The fraction of sp³-hybridized carbons (Fsp3) is 1.00. The van der Waals surface area contributed by atoms with Crippen LogP contribution in [0.1, 0.15) is 6.92 Å². The van der Waals surface area contributed by atoms with E-state index in [1.165, 1.54) is 0 Å². The summed E-state index contributed by atoms with van der Waals surface area (Å²) in [5.41, 5.74) is 0. The quantitative estimate of drug-likeness (QED) is 0.232. The van der Waals surface area contributed by atoms with Crippen molar-refractivity contribution in [2.24, 2.45) is 0 Å². The Morgan fingerprint density at radius 1 is 1.41 bits per heavy atom. The summed E-state index contributed by atoms with van der Waals surface area (Å²) in [6.45, 7) is 1.48. The lowest BCUT2D eigenvalue weighted by Gasteiger charge is -2.28. The van der Waals surface area contributed by atoms with Gasteiger partial charge in [-0.25, -0.2) is 4.18 Å². The lowest BCUT2D eigenvalue weighted by Crippen LogP contribution is -2.47. The molecule has 1 aliphatic heterocycles. The van der Waals surface area contributed by atoms with Gasteiger partial charge in [0.05, 0.1) is 31.5 Å². The third-order valence-corrected chi connectivity index (χ3v) is 4.13. The SMILES string of the molecule is CCN[C@@H]1CN(C[C@@H](O)[C@H](CO)OS(=O)(=O)O)[C@H](CO)[C@H]1O. The number of nitrogens with one attached hydrogen (secondary N) is 1. The second kappa shape index (κ2) is 8.47. The van der Waals surface area contributed by atoms with Crippen LogP contribution in [0.15, 0.2) is 0 Å². The summed E-state index contributed by atoms with van der Waals surface area (Å²) in [4.78, 5) is 1.57. The Bertz CT molecular complexity index is 434. The zero-order chi connectivity index (χ0) is 16.9. The summed E-state index contributed by atoms with van der Waals surface area (Å²) in [5, 5.41) is 41.5. The molecule has 0 saturated carbocycles. The minimum atomic E-state index is -4.81. The molecule has 0 amide bonds. The van der Waals surface area contributed by atoms with Crippen molar-refractivity contribution >= 4 is 10.4 Å². The Morgan fingerprint density at radius 2 is 2.05 bits per heavy atom. The maximum absolute atomic E-state index is 10.7. The average Bonchev–Trinajstić information content (AvgIpc) is 2.71. The number of β-amino-alcohol motifs (C(OH)–C–C–N with tert-alkyl or cyclic N) is 1. The first-order valence-corrected chi connectivity index (χ1v) is 8.31. The zero-order valence-corrected chi connectivity index (χ0v) is 13.1. The molecule has 0 spiro atoms. The van der Waals surface area contributed by atoms with Crippen LogP contribution >= 0.6 is 0 Å². The van der Waals surface area contributed by atoms with Crippen LogP contribution < -0.4 is 5.32 Å². The van der Waals surface area contributed by atoms with Crippen molar-refractivity contribution < 1.29 is 37.6 Å². The first kappa shape index (κ1) is 19.7. The molecule has 0 radical (unpaired) electrons. The molecule has 11 heteroatoms. The van der Waals surface area contributed by atoms with Gasteiger partial charge >= 0.3 is 10.4 Å². The van der Waals surface area contributed by atoms with Crippen LogP contribution in [0.2, 0.25) is 0 Å². The van der Waals surface area contributed by atoms with Crippen molar-refractivity contribution in [3.05, 3.63) is 0 Å². The van der Waals surface area contributed by atoms with Gasteiger partial charge in [0.25, 0.3) is 0 Å². The Labute approximate surface area is 129 Å². The van der Waals surface area contributed by atoms with Gasteiger partial charge in [-0.2, -0.15) is 8.42 Å². The summed E-state index contributed by atoms with van der Waals surface area (Å²) < 4.78 is 34.1. The fourth-order valence-corrected chi connectivity index (χ4v) is 3.09. The molecular formula is C11H24N2O8S. The molecule has 1 fully saturated rings. The van der Waals surface area contributed by atoms with Crippen LogP contribution in [-0.4, -0.2) is 102 Å². The molecule has 0 aromatic carbocycles. The van der Waals surface area contributed by atoms with Crippen LogP contribution in [0.5, 0.6) is 0 Å². The van der Waals surface area contributed by atoms with Gasteiger partial charge in [0.15, 0.2) is 0 Å². The molecule has 1 rings (SSSR count). The van der Waals surface area contributed by atoms with Gasteiger partial charge < -0.3 is 25.7 Å². The molecule has 132 valence electrons. The molecule has 0 aromatic rings. The van der Waals surface area contributed by atoms with Gasteiger partial charge in [0.1, 0.15) is 6.10 Å². The Morgan fingerprint density at radius 3 is 2.50 bits per heavy atom. The maximum Gasteiger partial charge on any atom is 0.397 e. The molecule has 22 heavy (non-hydrogen) atoms. The van der Waals surface area contributed by atoms with E-state index in [1.807, 2.05) is 6.92 Å². The predicted molar refractivity (Wildman–Crippen MR) is 75.4 cm³/mol. The lowest BCUT2D eigenvalue weighted by atomic mass is 10.1. The number of likely N-dealkylation sites (N-methyl/N-ethyl adjacent to an activating group) is 1. The van der Waals surface area contributed by atoms with Crippen molar-refractivity contribution in [2.75, 3.05) is 32.8 Å². The van der Waals surface area contributed by atoms with E-state index in [4.69, 9.17) is 9.66 Å². The van der Waals surface area contributed by atoms with E-state index in [1.54, 1.807) is 4.90 Å². The van der Waals surface area contributed by atoms with Crippen LogP contribution in [0.4, 0.5) is 0 Å². The normalized spacial score (nSPS) is 29.6. The van der Waals surface area contributed by atoms with Crippen molar-refractivity contribution in [3.63, 3.8) is 0 Å². The lowest BCUT2D eigenvalue weighted by molar-refractivity contribution is -0.0278. The topological polar surface area (TPSA) is 160 Å². The Hall–Kier alpha value is -0.370. The fourth-order valence-electron chi connectivity index (χ4n) is 2.59. The molecule has 5 atom stereocenters. The van der Waals surface area contributed by atoms with Crippen LogP contribution in [-0.2, 0) is 14.6 Å². The number of likely N-dealkylation sites (tertiary alicyclic amines) is 1. The average molecular weight is 344 g/mol. The summed E-state index contributed by atoms with van der Waals surface area (Å²) in [6, 6.07) is -0.937. The van der Waals surface area contributed by atoms with Crippen LogP contribution in [0.3, 0.4) is 0 Å². The minimum Gasteiger partial charge on any atom is -0.395 e. The highest BCUT2D eigenvalue weighted by Crippen LogP contribution is 2.20. The molecule has 1 saturated heterocycles. The van der Waals surface area contributed by atoms with Gasteiger partial charge in [-0.15, -0.1) is 0 Å². The predicted octanol–water partition coefficient (Wildman–Crippen LogP) is -3.46. The molecule has 1 aliphatic rings. The standard InChI is InChI=1S/C11H24N2O8S/c1-2-12-7-3-13(8(5-14)11(7)17)4-9(16)10(6-15)21-22(18,19)20/h7-12,14-17H,2-6H2,1H3,(H,18,19,20)/t7-,8-,9-,10+,11+/m1/s1. The van der Waals surface area contributed by atoms with E-state index in [0.29, 0.717) is 13.1 Å². The highest BCUT2D eigenvalue weighted by atomic mass is 32.3. The molecular weight excluding hydrogens is 320 g/mol. The van der Waals surface area contributed by atoms with Gasteiger partial charge in [-0.05, 0) is 6.54 Å². The van der Waals surface area contributed by atoms with E-state index in [2.05, 4.69) is 9.50 Å². The molecule has 6 N–H and O–H groups in total. The van der Waals surface area contributed by atoms with E-state index >= 15 is 0 Å². The first-order valence-electron chi connectivity index (χ1n) is 6.94. The van der Waals surface area contributed by atoms with Crippen LogP contribution in [0, 0.1) is 0 Å². The summed E-state index contributed by atoms with van der Waals surface area (Å²) in [5.74, 6) is 0. The third-order valence-electron chi connectivity index (χ3n) is 3.64. The van der Waals surface area contributed by atoms with E-state index in [0.717, 1.165) is 0 Å². The van der Waals surface area contributed by atoms with Crippen molar-refractivity contribution in [2.45, 2.75) is 37.3 Å². The zero-order valence-electron chi connectivity index (χ0n) is 12.2. The summed E-state index contributed by atoms with van der Waals surface area (Å²) >= 11 is 0. The van der Waals surface area contributed by atoms with E-state index in [9.17, 15) is 23.7 Å². The maximum atomic E-state index is 10.7. The van der Waals surface area contributed by atoms with E-state index in [-0.39, 0.29) is 19.2 Å². The van der Waals surface area contributed by atoms with Crippen LogP contribution in [0.25, 0.3) is 0 Å².